The van der Waals surface area contributed by atoms with Crippen LogP contribution in [0, 0.1) is 0 Å². The normalized spacial score (nSPS) is 18.2. The molecule has 0 saturated carbocycles. The van der Waals surface area contributed by atoms with Crippen LogP contribution >= 0.6 is 0 Å². The highest BCUT2D eigenvalue weighted by molar-refractivity contribution is 5.99. The molecule has 0 spiro atoms. The Morgan fingerprint density at radius 1 is 1.38 bits per heavy atom. The number of carbonyl (C=O) groups excluding carboxylic acids is 1. The van der Waals surface area contributed by atoms with E-state index in [1.807, 2.05) is 38.4 Å². The van der Waals surface area contributed by atoms with Crippen LogP contribution in [0.1, 0.15) is 12.8 Å². The van der Waals surface area contributed by atoms with E-state index in [-0.39, 0.29) is 11.9 Å². The Morgan fingerprint density at radius 3 is 2.95 bits per heavy atom. The van der Waals surface area contributed by atoms with E-state index < -0.39 is 0 Å². The van der Waals surface area contributed by atoms with Gasteiger partial charge in [0.1, 0.15) is 6.04 Å². The molecule has 2 heterocycles. The number of nitrogens with two attached hydrogens (primary N) is 1. The second-order valence-corrected chi connectivity index (χ2v) is 5.66. The van der Waals surface area contributed by atoms with Crippen molar-refractivity contribution in [1.82, 2.24) is 9.88 Å². The van der Waals surface area contributed by atoms with Crippen LogP contribution in [0.2, 0.25) is 0 Å². The molecule has 1 fully saturated rings. The van der Waals surface area contributed by atoms with Crippen LogP contribution < -0.4 is 10.6 Å². The van der Waals surface area contributed by atoms with Gasteiger partial charge in [-0.1, -0.05) is 12.1 Å². The number of carbonyl (C=O) groups is 1. The molecule has 1 aromatic heterocycles. The summed E-state index contributed by atoms with van der Waals surface area (Å²) in [5.41, 5.74) is 8.53. The third kappa shape index (κ3) is 2.28. The Morgan fingerprint density at radius 2 is 2.19 bits per heavy atom. The molecule has 1 saturated heterocycles. The highest BCUT2D eigenvalue weighted by atomic mass is 16.2. The number of benzene rings is 1. The van der Waals surface area contributed by atoms with Crippen LogP contribution in [0.5, 0.6) is 0 Å². The number of rotatable bonds is 2. The van der Waals surface area contributed by atoms with E-state index in [1.165, 1.54) is 0 Å². The van der Waals surface area contributed by atoms with Gasteiger partial charge in [0.15, 0.2) is 0 Å². The highest BCUT2D eigenvalue weighted by Gasteiger charge is 2.32. The van der Waals surface area contributed by atoms with E-state index in [4.69, 9.17) is 5.73 Å². The third-order valence-corrected chi connectivity index (χ3v) is 4.07. The van der Waals surface area contributed by atoms with Gasteiger partial charge in [-0.25, -0.2) is 0 Å². The van der Waals surface area contributed by atoms with E-state index in [0.717, 1.165) is 36.0 Å². The molecule has 1 aliphatic rings. The van der Waals surface area contributed by atoms with Crippen LogP contribution in [0.25, 0.3) is 10.9 Å². The number of fused-ring (bicyclic) bond motifs is 1. The van der Waals surface area contributed by atoms with Crippen molar-refractivity contribution in [1.29, 1.82) is 0 Å². The smallest absolute Gasteiger partial charge is 0.244 e. The van der Waals surface area contributed by atoms with Crippen molar-refractivity contribution < 1.29 is 4.79 Å². The first-order valence-corrected chi connectivity index (χ1v) is 7.20. The molecule has 1 unspecified atom stereocenters. The summed E-state index contributed by atoms with van der Waals surface area (Å²) in [6.07, 6.45) is 3.68. The zero-order valence-electron chi connectivity index (χ0n) is 12.4. The number of hydrogen-bond donors (Lipinski definition) is 1. The summed E-state index contributed by atoms with van der Waals surface area (Å²) in [7, 11) is 3.61. The van der Waals surface area contributed by atoms with Crippen LogP contribution in [-0.2, 0) is 4.79 Å². The lowest BCUT2D eigenvalue weighted by Gasteiger charge is -2.29. The van der Waals surface area contributed by atoms with E-state index in [9.17, 15) is 4.79 Å². The fraction of sp³-hybridized carbons (Fsp3) is 0.375. The molecule has 5 nitrogen and oxygen atoms in total. The Hall–Kier alpha value is -2.30. The maximum Gasteiger partial charge on any atom is 0.244 e. The van der Waals surface area contributed by atoms with Crippen molar-refractivity contribution in [3.8, 4) is 0 Å². The minimum absolute atomic E-state index is 0.0907. The molecule has 5 heteroatoms. The maximum absolute atomic E-state index is 12.4. The minimum atomic E-state index is -0.0907. The Bertz CT molecular complexity index is 683. The summed E-state index contributed by atoms with van der Waals surface area (Å²) in [4.78, 5) is 20.6. The monoisotopic (exact) mass is 284 g/mol. The molecule has 1 aliphatic heterocycles. The van der Waals surface area contributed by atoms with Crippen molar-refractivity contribution >= 4 is 28.2 Å². The van der Waals surface area contributed by atoms with Crippen molar-refractivity contribution in [3.05, 3.63) is 30.5 Å². The standard InChI is InChI=1S/C16H20N4O/c1-19(2)16(21)14-7-4-10-20(14)13-8-9-18-15-11(13)5-3-6-12(15)17/h3,5-6,8-9,14H,4,7,10,17H2,1-2H3. The SMILES string of the molecule is CN(C)C(=O)C1CCCN1c1ccnc2c(N)cccc12. The van der Waals surface area contributed by atoms with Gasteiger partial charge in [0.25, 0.3) is 0 Å². The number of hydrogen-bond acceptors (Lipinski definition) is 4. The zero-order chi connectivity index (χ0) is 15.0. The molecular weight excluding hydrogens is 264 g/mol. The van der Waals surface area contributed by atoms with Crippen LogP contribution in [0.15, 0.2) is 30.5 Å². The average Bonchev–Trinajstić information content (AvgIpc) is 2.95. The number of pyridine rings is 1. The zero-order valence-corrected chi connectivity index (χ0v) is 12.4. The number of aromatic nitrogens is 1. The van der Waals surface area contributed by atoms with E-state index in [1.54, 1.807) is 11.1 Å². The van der Waals surface area contributed by atoms with Gasteiger partial charge in [-0.2, -0.15) is 0 Å². The summed E-state index contributed by atoms with van der Waals surface area (Å²) in [6.45, 7) is 0.887. The number of anilines is 2. The molecule has 1 aromatic carbocycles. The minimum Gasteiger partial charge on any atom is -0.397 e. The molecule has 21 heavy (non-hydrogen) atoms. The van der Waals surface area contributed by atoms with Crippen LogP contribution in [0.4, 0.5) is 11.4 Å². The molecule has 0 aliphatic carbocycles. The molecule has 1 amide bonds. The number of amides is 1. The van der Waals surface area contributed by atoms with Gasteiger partial charge in [0, 0.05) is 37.9 Å². The fourth-order valence-electron chi connectivity index (χ4n) is 3.04. The average molecular weight is 284 g/mol. The van der Waals surface area contributed by atoms with Crippen molar-refractivity contribution in [3.63, 3.8) is 0 Å². The fourth-order valence-corrected chi connectivity index (χ4v) is 3.04. The van der Waals surface area contributed by atoms with E-state index in [2.05, 4.69) is 9.88 Å². The second-order valence-electron chi connectivity index (χ2n) is 5.66. The Balaban J connectivity index is 2.08. The van der Waals surface area contributed by atoms with E-state index in [0.29, 0.717) is 5.69 Å². The van der Waals surface area contributed by atoms with Crippen molar-refractivity contribution in [2.45, 2.75) is 18.9 Å². The van der Waals surface area contributed by atoms with Crippen molar-refractivity contribution in [2.24, 2.45) is 0 Å². The van der Waals surface area contributed by atoms with Gasteiger partial charge in [0.2, 0.25) is 5.91 Å². The maximum atomic E-state index is 12.4. The molecule has 3 rings (SSSR count). The van der Waals surface area contributed by atoms with Gasteiger partial charge in [0.05, 0.1) is 11.2 Å². The number of likely N-dealkylation sites (N-methyl/N-ethyl adjacent to an activating group) is 1. The Kier molecular flexibility index (Phi) is 3.41. The second kappa shape index (κ2) is 5.24. The third-order valence-electron chi connectivity index (χ3n) is 4.07. The van der Waals surface area contributed by atoms with Crippen LogP contribution in [-0.4, -0.2) is 42.5 Å². The van der Waals surface area contributed by atoms with E-state index >= 15 is 0 Å². The summed E-state index contributed by atoms with van der Waals surface area (Å²) in [5.74, 6) is 0.154. The molecular formula is C16H20N4O. The molecule has 0 bridgehead atoms. The van der Waals surface area contributed by atoms with Gasteiger partial charge >= 0.3 is 0 Å². The van der Waals surface area contributed by atoms with Gasteiger partial charge in [-0.15, -0.1) is 0 Å². The van der Waals surface area contributed by atoms with Gasteiger partial charge in [-0.05, 0) is 25.0 Å². The van der Waals surface area contributed by atoms with Gasteiger partial charge in [-0.3, -0.25) is 9.78 Å². The first kappa shape index (κ1) is 13.7. The van der Waals surface area contributed by atoms with Crippen LogP contribution in [0.3, 0.4) is 0 Å². The van der Waals surface area contributed by atoms with Gasteiger partial charge < -0.3 is 15.5 Å². The predicted molar refractivity (Wildman–Crippen MR) is 85.2 cm³/mol. The quantitative estimate of drug-likeness (QED) is 0.855. The lowest BCUT2D eigenvalue weighted by atomic mass is 10.1. The number of nitrogens with zero attached hydrogens (tertiary/aromatic N) is 3. The summed E-state index contributed by atoms with van der Waals surface area (Å²) >= 11 is 0. The topological polar surface area (TPSA) is 62.5 Å². The predicted octanol–water partition coefficient (Wildman–Crippen LogP) is 1.87. The molecule has 2 N–H and O–H groups in total. The molecule has 110 valence electrons. The first-order chi connectivity index (χ1) is 10.1. The molecule has 0 radical (unpaired) electrons. The summed E-state index contributed by atoms with van der Waals surface area (Å²) < 4.78 is 0. The largest absolute Gasteiger partial charge is 0.397 e. The first-order valence-electron chi connectivity index (χ1n) is 7.20. The summed E-state index contributed by atoms with van der Waals surface area (Å²) in [6, 6.07) is 7.69. The highest BCUT2D eigenvalue weighted by Crippen LogP contribution is 2.33. The lowest BCUT2D eigenvalue weighted by molar-refractivity contribution is -0.129. The number of para-hydroxylation sites is 1. The number of nitrogen functional groups attached to an aromatic ring is 1. The summed E-state index contributed by atoms with van der Waals surface area (Å²) in [5, 5.41) is 1.01. The molecule has 2 aromatic rings. The van der Waals surface area contributed by atoms with Crippen molar-refractivity contribution in [2.75, 3.05) is 31.3 Å². The molecule has 1 atom stereocenters. The lowest BCUT2D eigenvalue weighted by Crippen LogP contribution is -2.42. The Labute approximate surface area is 124 Å².